The Labute approximate surface area is 184 Å². The Morgan fingerprint density at radius 2 is 1.37 bits per heavy atom. The predicted octanol–water partition coefficient (Wildman–Crippen LogP) is 5.35. The third-order valence-corrected chi connectivity index (χ3v) is 9.21. The lowest BCUT2D eigenvalue weighted by molar-refractivity contribution is 0.587. The summed E-state index contributed by atoms with van der Waals surface area (Å²) in [5.41, 5.74) is 5.11. The molecule has 30 heavy (non-hydrogen) atoms. The van der Waals surface area contributed by atoms with Crippen LogP contribution in [0.4, 0.5) is 0 Å². The number of hydrogen-bond donors (Lipinski definition) is 0. The number of fused-ring (bicyclic) bond motifs is 2. The molecule has 2 aromatic rings. The molecule has 0 aromatic heterocycles. The van der Waals surface area contributed by atoms with Crippen molar-refractivity contribution in [1.82, 2.24) is 0 Å². The van der Waals surface area contributed by atoms with Crippen LogP contribution in [0.3, 0.4) is 0 Å². The van der Waals surface area contributed by atoms with Crippen molar-refractivity contribution in [3.63, 3.8) is 0 Å². The number of sulfone groups is 1. The molecular weight excluding hydrogens is 412 g/mol. The van der Waals surface area contributed by atoms with Crippen molar-refractivity contribution in [3.8, 4) is 0 Å². The maximum atomic E-state index is 11.8. The van der Waals surface area contributed by atoms with Gasteiger partial charge in [-0.1, -0.05) is 65.8 Å². The number of hydrogen-bond acceptors (Lipinski definition) is 3. The van der Waals surface area contributed by atoms with E-state index in [1.54, 1.807) is 6.07 Å². The van der Waals surface area contributed by atoms with Gasteiger partial charge in [0.25, 0.3) is 0 Å². The first-order chi connectivity index (χ1) is 13.8. The van der Waals surface area contributed by atoms with E-state index in [0.29, 0.717) is 11.3 Å². The smallest absolute Gasteiger partial charge is 0.178 e. The minimum atomic E-state index is -2.97. The highest BCUT2D eigenvalue weighted by atomic mass is 32.2. The predicted molar refractivity (Wildman–Crippen MR) is 126 cm³/mol. The Bertz CT molecular complexity index is 1070. The van der Waals surface area contributed by atoms with Crippen LogP contribution in [0.15, 0.2) is 46.2 Å². The fourth-order valence-electron chi connectivity index (χ4n) is 3.87. The first kappa shape index (κ1) is 23.2. The molecule has 0 spiro atoms. The van der Waals surface area contributed by atoms with E-state index in [-0.39, 0.29) is 16.6 Å². The fourth-order valence-corrected chi connectivity index (χ4v) is 6.71. The van der Waals surface area contributed by atoms with Crippen molar-refractivity contribution in [2.45, 2.75) is 81.4 Å². The standard InChI is InChI=1S/C13H18OS.C12H16O2S/c1-13(2,3)11-6-7-12-10(9-11)5-4-8-15(12)14;1-12(2,3)10-4-5-11-9(8-10)6-7-15(11,13)14/h6-7,9H,4-5,8H2,1-3H3;4-5,8H,6-7H2,1-3H3. The van der Waals surface area contributed by atoms with Crippen molar-refractivity contribution in [2.24, 2.45) is 0 Å². The van der Waals surface area contributed by atoms with Gasteiger partial charge in [-0.05, 0) is 64.5 Å². The van der Waals surface area contributed by atoms with Crippen molar-refractivity contribution in [3.05, 3.63) is 58.7 Å². The van der Waals surface area contributed by atoms with Crippen molar-refractivity contribution < 1.29 is 12.6 Å². The summed E-state index contributed by atoms with van der Waals surface area (Å²) in [6.07, 6.45) is 2.82. The van der Waals surface area contributed by atoms with Crippen LogP contribution in [0.1, 0.15) is 70.2 Å². The molecule has 1 atom stereocenters. The summed E-state index contributed by atoms with van der Waals surface area (Å²) in [7, 11) is -3.72. The van der Waals surface area contributed by atoms with E-state index in [0.717, 1.165) is 29.1 Å². The van der Waals surface area contributed by atoms with Gasteiger partial charge in [-0.25, -0.2) is 8.42 Å². The number of rotatable bonds is 0. The summed E-state index contributed by atoms with van der Waals surface area (Å²) >= 11 is 0. The molecule has 2 aliphatic rings. The number of aryl methyl sites for hydroxylation is 2. The highest BCUT2D eigenvalue weighted by Gasteiger charge is 2.27. The van der Waals surface area contributed by atoms with Gasteiger partial charge >= 0.3 is 0 Å². The SMILES string of the molecule is CC(C)(C)c1ccc2c(c1)CCCS2=O.CC(C)(C)c1ccc2c(c1)CCS2(=O)=O. The minimum absolute atomic E-state index is 0.0847. The molecule has 2 heterocycles. The van der Waals surface area contributed by atoms with E-state index in [4.69, 9.17) is 0 Å². The Morgan fingerprint density at radius 3 is 1.97 bits per heavy atom. The molecule has 0 amide bonds. The lowest BCUT2D eigenvalue weighted by Crippen LogP contribution is -2.15. The summed E-state index contributed by atoms with van der Waals surface area (Å²) in [5, 5.41) is 0. The van der Waals surface area contributed by atoms with Gasteiger partial charge in [0.15, 0.2) is 9.84 Å². The van der Waals surface area contributed by atoms with Gasteiger partial charge in [0, 0.05) is 10.6 Å². The maximum absolute atomic E-state index is 11.8. The highest BCUT2D eigenvalue weighted by Crippen LogP contribution is 2.31. The van der Waals surface area contributed by atoms with Crippen molar-refractivity contribution >= 4 is 20.6 Å². The van der Waals surface area contributed by atoms with Gasteiger partial charge < -0.3 is 0 Å². The molecule has 0 bridgehead atoms. The molecule has 1 unspecified atom stereocenters. The summed E-state index contributed by atoms with van der Waals surface area (Å²) in [6.45, 7) is 13.1. The zero-order valence-corrected chi connectivity index (χ0v) is 20.7. The quantitative estimate of drug-likeness (QED) is 0.548. The van der Waals surface area contributed by atoms with Gasteiger partial charge in [-0.15, -0.1) is 0 Å². The molecule has 0 saturated carbocycles. The normalized spacial score (nSPS) is 20.0. The lowest BCUT2D eigenvalue weighted by atomic mass is 9.86. The zero-order valence-electron chi connectivity index (χ0n) is 19.0. The Hall–Kier alpha value is -1.46. The first-order valence-corrected chi connectivity index (χ1v) is 13.6. The van der Waals surface area contributed by atoms with Crippen molar-refractivity contribution in [1.29, 1.82) is 0 Å². The second-order valence-electron chi connectivity index (χ2n) is 10.4. The second kappa shape index (κ2) is 8.23. The fraction of sp³-hybridized carbons (Fsp3) is 0.520. The molecule has 164 valence electrons. The van der Waals surface area contributed by atoms with E-state index >= 15 is 0 Å². The average Bonchev–Trinajstić information content (AvgIpc) is 2.95. The molecule has 4 rings (SSSR count). The molecule has 0 aliphatic carbocycles. The highest BCUT2D eigenvalue weighted by molar-refractivity contribution is 7.91. The molecule has 0 fully saturated rings. The Morgan fingerprint density at radius 1 is 0.800 bits per heavy atom. The summed E-state index contributed by atoms with van der Waals surface area (Å²) < 4.78 is 35.0. The summed E-state index contributed by atoms with van der Waals surface area (Å²) in [6, 6.07) is 12.2. The van der Waals surface area contributed by atoms with Gasteiger partial charge in [0.05, 0.1) is 21.4 Å². The van der Waals surface area contributed by atoms with E-state index < -0.39 is 20.6 Å². The molecule has 2 aromatic carbocycles. The largest absolute Gasteiger partial charge is 0.254 e. The molecule has 0 N–H and O–H groups in total. The molecule has 2 aliphatic heterocycles. The summed E-state index contributed by atoms with van der Waals surface area (Å²) in [4.78, 5) is 1.60. The lowest BCUT2D eigenvalue weighted by Gasteiger charge is -2.23. The molecule has 0 saturated heterocycles. The molecule has 0 radical (unpaired) electrons. The van der Waals surface area contributed by atoms with Crippen LogP contribution in [0.25, 0.3) is 0 Å². The van der Waals surface area contributed by atoms with Gasteiger partial charge in [-0.3, -0.25) is 4.21 Å². The van der Waals surface area contributed by atoms with Gasteiger partial charge in [-0.2, -0.15) is 0 Å². The monoisotopic (exact) mass is 446 g/mol. The van der Waals surface area contributed by atoms with E-state index in [1.165, 1.54) is 16.7 Å². The van der Waals surface area contributed by atoms with E-state index in [1.807, 2.05) is 12.1 Å². The van der Waals surface area contributed by atoms with Crippen LogP contribution in [0.5, 0.6) is 0 Å². The zero-order chi connectivity index (χ0) is 22.3. The van der Waals surface area contributed by atoms with Crippen LogP contribution in [-0.2, 0) is 44.3 Å². The minimum Gasteiger partial charge on any atom is -0.254 e. The Kier molecular flexibility index (Phi) is 6.37. The third-order valence-electron chi connectivity index (χ3n) is 5.85. The van der Waals surface area contributed by atoms with Crippen LogP contribution in [0, 0.1) is 0 Å². The van der Waals surface area contributed by atoms with Crippen LogP contribution in [0.2, 0.25) is 0 Å². The van der Waals surface area contributed by atoms with Crippen LogP contribution < -0.4 is 0 Å². The average molecular weight is 447 g/mol. The van der Waals surface area contributed by atoms with Gasteiger partial charge in [0.1, 0.15) is 0 Å². The maximum Gasteiger partial charge on any atom is 0.178 e. The molecular formula is C25H34O3S2. The number of benzene rings is 2. The van der Waals surface area contributed by atoms with Gasteiger partial charge in [0.2, 0.25) is 0 Å². The van der Waals surface area contributed by atoms with E-state index in [2.05, 4.69) is 59.7 Å². The van der Waals surface area contributed by atoms with Crippen molar-refractivity contribution in [2.75, 3.05) is 11.5 Å². The first-order valence-electron chi connectivity index (χ1n) is 10.7. The van der Waals surface area contributed by atoms with E-state index in [9.17, 15) is 12.6 Å². The molecule has 5 heteroatoms. The molecule has 3 nitrogen and oxygen atoms in total. The topological polar surface area (TPSA) is 51.2 Å². The van der Waals surface area contributed by atoms with Crippen LogP contribution >= 0.6 is 0 Å². The third kappa shape index (κ3) is 5.05. The Balaban J connectivity index is 0.000000171. The van der Waals surface area contributed by atoms with Crippen LogP contribution in [-0.4, -0.2) is 24.1 Å². The second-order valence-corrected chi connectivity index (χ2v) is 14.0. The summed E-state index contributed by atoms with van der Waals surface area (Å²) in [5.74, 6) is 1.11.